The highest BCUT2D eigenvalue weighted by molar-refractivity contribution is 5.89. The van der Waals surface area contributed by atoms with E-state index in [1.807, 2.05) is 0 Å². The Bertz CT molecular complexity index is 991. The number of carbonyl (C=O) groups is 2. The highest BCUT2D eigenvalue weighted by Crippen LogP contribution is 2.34. The molecule has 178 valence electrons. The number of alkyl halides is 5. The van der Waals surface area contributed by atoms with Gasteiger partial charge in [-0.2, -0.15) is 13.2 Å². The lowest BCUT2D eigenvalue weighted by Gasteiger charge is -2.25. The molecule has 2 aromatic rings. The van der Waals surface area contributed by atoms with Gasteiger partial charge in [0, 0.05) is 13.0 Å². The summed E-state index contributed by atoms with van der Waals surface area (Å²) in [4.78, 5) is 25.6. The first-order chi connectivity index (χ1) is 15.4. The number of methoxy groups -OCH3 is 1. The highest BCUT2D eigenvalue weighted by Gasteiger charge is 2.48. The molecule has 10 heteroatoms. The first kappa shape index (κ1) is 24.6. The van der Waals surface area contributed by atoms with Gasteiger partial charge in [0.2, 0.25) is 5.91 Å². The molecule has 0 aromatic heterocycles. The normalized spacial score (nSPS) is 19.2. The molecule has 1 unspecified atom stereocenters. The van der Waals surface area contributed by atoms with Crippen molar-refractivity contribution in [3.05, 3.63) is 70.8 Å². The van der Waals surface area contributed by atoms with E-state index in [2.05, 4.69) is 10.1 Å². The molecule has 1 N–H and O–H groups in total. The van der Waals surface area contributed by atoms with Crippen LogP contribution in [0.15, 0.2) is 48.5 Å². The molecule has 1 heterocycles. The molecule has 3 rings (SSSR count). The summed E-state index contributed by atoms with van der Waals surface area (Å²) in [5.41, 5.74) is 0.553. The third-order valence-corrected chi connectivity index (χ3v) is 5.53. The van der Waals surface area contributed by atoms with E-state index in [1.54, 1.807) is 19.1 Å². The number of amides is 1. The first-order valence-corrected chi connectivity index (χ1v) is 10.2. The van der Waals surface area contributed by atoms with Crippen LogP contribution in [0, 0.1) is 0 Å². The minimum absolute atomic E-state index is 0.0893. The van der Waals surface area contributed by atoms with Gasteiger partial charge in [-0.25, -0.2) is 13.6 Å². The third-order valence-electron chi connectivity index (χ3n) is 5.53. The number of carbonyl (C=O) groups excluding carboxylic acids is 2. The summed E-state index contributed by atoms with van der Waals surface area (Å²) in [6.07, 6.45) is -5.18. The minimum Gasteiger partial charge on any atom is -0.465 e. The Morgan fingerprint density at radius 2 is 1.73 bits per heavy atom. The first-order valence-electron chi connectivity index (χ1n) is 10.2. The second-order valence-corrected chi connectivity index (χ2v) is 8.02. The molecule has 0 saturated carbocycles. The summed E-state index contributed by atoms with van der Waals surface area (Å²) in [5.74, 6) is -4.21. The van der Waals surface area contributed by atoms with Crippen LogP contribution in [0.4, 0.5) is 22.0 Å². The molecule has 33 heavy (non-hydrogen) atoms. The number of nitrogens with one attached hydrogen (secondary N) is 1. The fourth-order valence-electron chi connectivity index (χ4n) is 3.76. The second-order valence-electron chi connectivity index (χ2n) is 8.02. The van der Waals surface area contributed by atoms with E-state index in [0.717, 1.165) is 12.1 Å². The van der Waals surface area contributed by atoms with Crippen LogP contribution in [-0.2, 0) is 22.3 Å². The molecule has 2 aromatic carbocycles. The molecule has 1 aliphatic rings. The number of rotatable bonds is 6. The van der Waals surface area contributed by atoms with Gasteiger partial charge in [-0.15, -0.1) is 0 Å². The van der Waals surface area contributed by atoms with Crippen LogP contribution in [0.2, 0.25) is 0 Å². The number of nitrogens with zero attached hydrogens (tertiary/aromatic N) is 1. The predicted octanol–water partition coefficient (Wildman–Crippen LogP) is 4.58. The fourth-order valence-corrected chi connectivity index (χ4v) is 3.76. The van der Waals surface area contributed by atoms with Crippen molar-refractivity contribution in [1.82, 2.24) is 10.2 Å². The molecule has 0 aliphatic carbocycles. The Hall–Kier alpha value is -3.01. The lowest BCUT2D eigenvalue weighted by molar-refractivity contribution is -0.137. The van der Waals surface area contributed by atoms with E-state index >= 15 is 0 Å². The maximum absolute atomic E-state index is 14.1. The largest absolute Gasteiger partial charge is 0.465 e. The Morgan fingerprint density at radius 1 is 1.12 bits per heavy atom. The third kappa shape index (κ3) is 6.07. The number of hydrogen-bond donors (Lipinski definition) is 1. The average molecular weight is 470 g/mol. The molecular formula is C23H23F5N2O3. The van der Waals surface area contributed by atoms with Crippen LogP contribution < -0.4 is 5.32 Å². The number of likely N-dealkylation sites (tertiary alicyclic amines) is 1. The molecule has 0 radical (unpaired) electrons. The van der Waals surface area contributed by atoms with Gasteiger partial charge in [-0.05, 0) is 42.3 Å². The SMILES string of the molecule is COC(=O)c1ccc([C@H](C)NC(=O)C2CC(F)(F)CN2Cc2ccc(C(F)(F)F)cc2)cc1. The van der Waals surface area contributed by atoms with E-state index < -0.39 is 54.6 Å². The summed E-state index contributed by atoms with van der Waals surface area (Å²) >= 11 is 0. The topological polar surface area (TPSA) is 58.6 Å². The fraction of sp³-hybridized carbons (Fsp3) is 0.391. The van der Waals surface area contributed by atoms with Crippen molar-refractivity contribution in [1.29, 1.82) is 0 Å². The predicted molar refractivity (Wildman–Crippen MR) is 110 cm³/mol. The minimum atomic E-state index is -4.49. The molecular weight excluding hydrogens is 447 g/mol. The zero-order chi connectivity index (χ0) is 24.4. The second kappa shape index (κ2) is 9.46. The van der Waals surface area contributed by atoms with E-state index in [0.29, 0.717) is 16.7 Å². The molecule has 1 amide bonds. The van der Waals surface area contributed by atoms with Gasteiger partial charge in [-0.3, -0.25) is 9.69 Å². The van der Waals surface area contributed by atoms with Crippen molar-refractivity contribution in [2.24, 2.45) is 0 Å². The van der Waals surface area contributed by atoms with E-state index in [1.165, 1.54) is 36.3 Å². The van der Waals surface area contributed by atoms with Crippen molar-refractivity contribution < 1.29 is 36.3 Å². The Labute approximate surface area is 187 Å². The molecule has 5 nitrogen and oxygen atoms in total. The Morgan fingerprint density at radius 3 is 2.27 bits per heavy atom. The van der Waals surface area contributed by atoms with Crippen molar-refractivity contribution in [3.63, 3.8) is 0 Å². The van der Waals surface area contributed by atoms with E-state index in [9.17, 15) is 31.5 Å². The quantitative estimate of drug-likeness (QED) is 0.496. The molecule has 1 fully saturated rings. The van der Waals surface area contributed by atoms with Gasteiger partial charge >= 0.3 is 12.1 Å². The average Bonchev–Trinajstić information content (AvgIpc) is 3.07. The molecule has 1 aliphatic heterocycles. The van der Waals surface area contributed by atoms with Gasteiger partial charge in [-0.1, -0.05) is 24.3 Å². The van der Waals surface area contributed by atoms with Crippen molar-refractivity contribution in [2.75, 3.05) is 13.7 Å². The Kier molecular flexibility index (Phi) is 7.06. The van der Waals surface area contributed by atoms with Gasteiger partial charge < -0.3 is 10.1 Å². The van der Waals surface area contributed by atoms with Crippen LogP contribution in [0.3, 0.4) is 0 Å². The number of halogens is 5. The number of esters is 1. The lowest BCUT2D eigenvalue weighted by Crippen LogP contribution is -2.43. The smallest absolute Gasteiger partial charge is 0.416 e. The monoisotopic (exact) mass is 470 g/mol. The summed E-state index contributed by atoms with van der Waals surface area (Å²) < 4.78 is 71.1. The van der Waals surface area contributed by atoms with Crippen molar-refractivity contribution >= 4 is 11.9 Å². The highest BCUT2D eigenvalue weighted by atomic mass is 19.4. The number of hydrogen-bond acceptors (Lipinski definition) is 4. The van der Waals surface area contributed by atoms with Gasteiger partial charge in [0.25, 0.3) is 5.92 Å². The summed E-state index contributed by atoms with van der Waals surface area (Å²) in [6, 6.07) is 8.87. The van der Waals surface area contributed by atoms with Crippen molar-refractivity contribution in [2.45, 2.75) is 44.1 Å². The van der Waals surface area contributed by atoms with Gasteiger partial charge in [0.15, 0.2) is 0 Å². The summed E-state index contributed by atoms with van der Waals surface area (Å²) in [5, 5.41) is 2.70. The maximum Gasteiger partial charge on any atom is 0.416 e. The van der Waals surface area contributed by atoms with Crippen LogP contribution in [0.25, 0.3) is 0 Å². The van der Waals surface area contributed by atoms with Crippen LogP contribution >= 0.6 is 0 Å². The molecule has 0 spiro atoms. The Balaban J connectivity index is 1.69. The number of ether oxygens (including phenoxy) is 1. The van der Waals surface area contributed by atoms with Crippen molar-refractivity contribution in [3.8, 4) is 0 Å². The van der Waals surface area contributed by atoms with Gasteiger partial charge in [0.05, 0.1) is 36.9 Å². The zero-order valence-corrected chi connectivity index (χ0v) is 18.0. The number of benzene rings is 2. The summed E-state index contributed by atoms with van der Waals surface area (Å²) in [7, 11) is 1.26. The maximum atomic E-state index is 14.1. The molecule has 2 atom stereocenters. The zero-order valence-electron chi connectivity index (χ0n) is 18.0. The van der Waals surface area contributed by atoms with Gasteiger partial charge in [0.1, 0.15) is 0 Å². The summed E-state index contributed by atoms with van der Waals surface area (Å²) in [6.45, 7) is 0.917. The van der Waals surface area contributed by atoms with E-state index in [-0.39, 0.29) is 6.54 Å². The molecule has 1 saturated heterocycles. The lowest BCUT2D eigenvalue weighted by atomic mass is 10.0. The van der Waals surface area contributed by atoms with Crippen LogP contribution in [0.1, 0.15) is 46.4 Å². The van der Waals surface area contributed by atoms with E-state index in [4.69, 9.17) is 0 Å². The molecule has 0 bridgehead atoms. The standard InChI is InChI=1S/C23H23F5N2O3/c1-14(16-5-7-17(8-6-16)21(32)33-2)29-20(31)19-11-22(24,25)13-30(19)12-15-3-9-18(10-4-15)23(26,27)28/h3-10,14,19H,11-13H2,1-2H3,(H,29,31)/t14-,19?/m0/s1. The van der Waals surface area contributed by atoms with Crippen LogP contribution in [0.5, 0.6) is 0 Å². The van der Waals surface area contributed by atoms with Crippen LogP contribution in [-0.4, -0.2) is 42.4 Å².